The van der Waals surface area contributed by atoms with Gasteiger partial charge in [0, 0.05) is 5.69 Å². The molecule has 1 aliphatic heterocycles. The van der Waals surface area contributed by atoms with Crippen molar-refractivity contribution in [3.8, 4) is 5.75 Å². The first-order chi connectivity index (χ1) is 8.86. The molecule has 0 saturated carbocycles. The summed E-state index contributed by atoms with van der Waals surface area (Å²) in [5, 5.41) is 3.61. The number of nitrogens with one attached hydrogen (secondary N) is 1. The Kier molecular flexibility index (Phi) is 2.93. The SMILES string of the molecule is COc1ccc(C2CCc3ccccc3N2)cc1. The number of ether oxygens (including phenoxy) is 1. The molecule has 2 aromatic carbocycles. The molecular formula is C16H17NO. The quantitative estimate of drug-likeness (QED) is 0.860. The topological polar surface area (TPSA) is 21.3 Å². The third-order valence-electron chi connectivity index (χ3n) is 3.57. The second-order valence-corrected chi connectivity index (χ2v) is 4.67. The van der Waals surface area contributed by atoms with Crippen molar-refractivity contribution in [2.45, 2.75) is 18.9 Å². The molecule has 0 bridgehead atoms. The van der Waals surface area contributed by atoms with Crippen molar-refractivity contribution in [3.05, 3.63) is 59.7 Å². The van der Waals surface area contributed by atoms with Gasteiger partial charge in [0.2, 0.25) is 0 Å². The molecule has 2 aromatic rings. The minimum Gasteiger partial charge on any atom is -0.497 e. The van der Waals surface area contributed by atoms with Gasteiger partial charge in [0.25, 0.3) is 0 Å². The number of para-hydroxylation sites is 1. The van der Waals surface area contributed by atoms with Crippen molar-refractivity contribution in [2.24, 2.45) is 0 Å². The lowest BCUT2D eigenvalue weighted by atomic mass is 9.93. The molecular weight excluding hydrogens is 222 g/mol. The summed E-state index contributed by atoms with van der Waals surface area (Å²) >= 11 is 0. The van der Waals surface area contributed by atoms with Crippen LogP contribution < -0.4 is 10.1 Å². The van der Waals surface area contributed by atoms with Crippen LogP contribution >= 0.6 is 0 Å². The van der Waals surface area contributed by atoms with E-state index < -0.39 is 0 Å². The monoisotopic (exact) mass is 239 g/mol. The molecule has 1 aliphatic rings. The zero-order valence-corrected chi connectivity index (χ0v) is 10.5. The summed E-state index contributed by atoms with van der Waals surface area (Å²) in [6.07, 6.45) is 2.28. The van der Waals surface area contributed by atoms with Crippen LogP contribution in [0, 0.1) is 0 Å². The van der Waals surface area contributed by atoms with E-state index in [1.165, 1.54) is 16.8 Å². The normalized spacial score (nSPS) is 17.7. The Morgan fingerprint density at radius 3 is 2.61 bits per heavy atom. The lowest BCUT2D eigenvalue weighted by Gasteiger charge is -2.27. The van der Waals surface area contributed by atoms with Crippen molar-refractivity contribution in [2.75, 3.05) is 12.4 Å². The molecule has 0 aliphatic carbocycles. The number of rotatable bonds is 2. The lowest BCUT2D eigenvalue weighted by Crippen LogP contribution is -2.17. The molecule has 1 N–H and O–H groups in total. The Morgan fingerprint density at radius 2 is 1.83 bits per heavy atom. The fourth-order valence-corrected chi connectivity index (χ4v) is 2.53. The van der Waals surface area contributed by atoms with Gasteiger partial charge in [-0.2, -0.15) is 0 Å². The van der Waals surface area contributed by atoms with E-state index in [1.54, 1.807) is 7.11 Å². The average molecular weight is 239 g/mol. The summed E-state index contributed by atoms with van der Waals surface area (Å²) < 4.78 is 5.19. The first-order valence-electron chi connectivity index (χ1n) is 6.35. The van der Waals surface area contributed by atoms with E-state index in [-0.39, 0.29) is 0 Å². The number of benzene rings is 2. The van der Waals surface area contributed by atoms with Gasteiger partial charge < -0.3 is 10.1 Å². The summed E-state index contributed by atoms with van der Waals surface area (Å²) in [4.78, 5) is 0. The van der Waals surface area contributed by atoms with E-state index in [2.05, 4.69) is 41.7 Å². The first-order valence-corrected chi connectivity index (χ1v) is 6.35. The lowest BCUT2D eigenvalue weighted by molar-refractivity contribution is 0.414. The third kappa shape index (κ3) is 2.06. The van der Waals surface area contributed by atoms with Gasteiger partial charge in [0.15, 0.2) is 0 Å². The van der Waals surface area contributed by atoms with Crippen molar-refractivity contribution in [3.63, 3.8) is 0 Å². The second kappa shape index (κ2) is 4.73. The Morgan fingerprint density at radius 1 is 1.06 bits per heavy atom. The van der Waals surface area contributed by atoms with E-state index in [1.807, 2.05) is 12.1 Å². The van der Waals surface area contributed by atoms with Crippen LogP contribution in [0.25, 0.3) is 0 Å². The molecule has 0 spiro atoms. The molecule has 18 heavy (non-hydrogen) atoms. The Labute approximate surface area is 108 Å². The maximum absolute atomic E-state index is 5.19. The van der Waals surface area contributed by atoms with Gasteiger partial charge in [-0.15, -0.1) is 0 Å². The zero-order chi connectivity index (χ0) is 12.4. The van der Waals surface area contributed by atoms with E-state index in [0.717, 1.165) is 18.6 Å². The summed E-state index contributed by atoms with van der Waals surface area (Å²) in [6, 6.07) is 17.3. The molecule has 0 amide bonds. The first kappa shape index (κ1) is 11.1. The Bertz CT molecular complexity index is 533. The van der Waals surface area contributed by atoms with E-state index >= 15 is 0 Å². The van der Waals surface area contributed by atoms with Crippen LogP contribution in [0.1, 0.15) is 23.6 Å². The molecule has 0 saturated heterocycles. The van der Waals surface area contributed by atoms with E-state index in [9.17, 15) is 0 Å². The highest BCUT2D eigenvalue weighted by Gasteiger charge is 2.18. The maximum atomic E-state index is 5.19. The molecule has 92 valence electrons. The fourth-order valence-electron chi connectivity index (χ4n) is 2.53. The molecule has 1 unspecified atom stereocenters. The minimum absolute atomic E-state index is 0.408. The van der Waals surface area contributed by atoms with Gasteiger partial charge in [-0.25, -0.2) is 0 Å². The number of aryl methyl sites for hydroxylation is 1. The van der Waals surface area contributed by atoms with Crippen LogP contribution in [0.15, 0.2) is 48.5 Å². The van der Waals surface area contributed by atoms with E-state index in [0.29, 0.717) is 6.04 Å². The fraction of sp³-hybridized carbons (Fsp3) is 0.250. The highest BCUT2D eigenvalue weighted by atomic mass is 16.5. The van der Waals surface area contributed by atoms with Crippen molar-refractivity contribution < 1.29 is 4.74 Å². The molecule has 1 atom stereocenters. The van der Waals surface area contributed by atoms with Crippen LogP contribution in [0.2, 0.25) is 0 Å². The van der Waals surface area contributed by atoms with Crippen molar-refractivity contribution >= 4 is 5.69 Å². The minimum atomic E-state index is 0.408. The molecule has 0 aromatic heterocycles. The van der Waals surface area contributed by atoms with Gasteiger partial charge >= 0.3 is 0 Å². The highest BCUT2D eigenvalue weighted by Crippen LogP contribution is 2.32. The van der Waals surface area contributed by atoms with Crippen molar-refractivity contribution in [1.82, 2.24) is 0 Å². The smallest absolute Gasteiger partial charge is 0.118 e. The van der Waals surface area contributed by atoms with Gasteiger partial charge in [-0.05, 0) is 42.2 Å². The number of hydrogen-bond donors (Lipinski definition) is 1. The molecule has 0 radical (unpaired) electrons. The number of fused-ring (bicyclic) bond motifs is 1. The maximum Gasteiger partial charge on any atom is 0.118 e. The Balaban J connectivity index is 1.82. The number of hydrogen-bond acceptors (Lipinski definition) is 2. The molecule has 3 rings (SSSR count). The molecule has 0 fully saturated rings. The third-order valence-corrected chi connectivity index (χ3v) is 3.57. The summed E-state index contributed by atoms with van der Waals surface area (Å²) in [5.41, 5.74) is 4.01. The van der Waals surface area contributed by atoms with Gasteiger partial charge in [-0.3, -0.25) is 0 Å². The summed E-state index contributed by atoms with van der Waals surface area (Å²) in [5.74, 6) is 0.912. The van der Waals surface area contributed by atoms with Gasteiger partial charge in [0.1, 0.15) is 5.75 Å². The van der Waals surface area contributed by atoms with Crippen LogP contribution in [0.3, 0.4) is 0 Å². The standard InChI is InChI=1S/C16H17NO/c1-18-14-9-6-13(7-10-14)16-11-8-12-4-2-3-5-15(12)17-16/h2-7,9-10,16-17H,8,11H2,1H3. The summed E-state index contributed by atoms with van der Waals surface area (Å²) in [7, 11) is 1.70. The molecule has 2 nitrogen and oxygen atoms in total. The number of anilines is 1. The van der Waals surface area contributed by atoms with Crippen LogP contribution in [0.5, 0.6) is 5.75 Å². The average Bonchev–Trinajstić information content (AvgIpc) is 2.47. The second-order valence-electron chi connectivity index (χ2n) is 4.67. The Hall–Kier alpha value is -1.96. The number of methoxy groups -OCH3 is 1. The van der Waals surface area contributed by atoms with E-state index in [4.69, 9.17) is 4.74 Å². The van der Waals surface area contributed by atoms with Crippen LogP contribution in [-0.4, -0.2) is 7.11 Å². The summed E-state index contributed by atoms with van der Waals surface area (Å²) in [6.45, 7) is 0. The van der Waals surface area contributed by atoms with Gasteiger partial charge in [-0.1, -0.05) is 30.3 Å². The molecule has 2 heteroatoms. The molecule has 1 heterocycles. The van der Waals surface area contributed by atoms with Gasteiger partial charge in [0.05, 0.1) is 13.2 Å². The highest BCUT2D eigenvalue weighted by molar-refractivity contribution is 5.55. The largest absolute Gasteiger partial charge is 0.497 e. The predicted molar refractivity (Wildman–Crippen MR) is 74.1 cm³/mol. The van der Waals surface area contributed by atoms with Crippen LogP contribution in [0.4, 0.5) is 5.69 Å². The zero-order valence-electron chi connectivity index (χ0n) is 10.5. The van der Waals surface area contributed by atoms with Crippen LogP contribution in [-0.2, 0) is 6.42 Å². The van der Waals surface area contributed by atoms with Crippen molar-refractivity contribution in [1.29, 1.82) is 0 Å². The predicted octanol–water partition coefficient (Wildman–Crippen LogP) is 3.79.